The van der Waals surface area contributed by atoms with Crippen LogP contribution in [0.4, 0.5) is 5.69 Å². The minimum atomic E-state index is -0.139. The lowest BCUT2D eigenvalue weighted by Gasteiger charge is -2.27. The first kappa shape index (κ1) is 17.1. The zero-order valence-corrected chi connectivity index (χ0v) is 13.9. The highest BCUT2D eigenvalue weighted by Gasteiger charge is 2.20. The summed E-state index contributed by atoms with van der Waals surface area (Å²) in [7, 11) is 1.74. The number of hydrogen-bond donors (Lipinski definition) is 1. The van der Waals surface area contributed by atoms with Crippen LogP contribution in [-0.4, -0.2) is 25.4 Å². The van der Waals surface area contributed by atoms with E-state index in [2.05, 4.69) is 33.0 Å². The van der Waals surface area contributed by atoms with Crippen molar-refractivity contribution in [1.29, 1.82) is 0 Å². The van der Waals surface area contributed by atoms with Crippen molar-refractivity contribution in [2.24, 2.45) is 0 Å². The summed E-state index contributed by atoms with van der Waals surface area (Å²) in [6, 6.07) is 6.10. The molecule has 0 fully saturated rings. The Morgan fingerprint density at radius 1 is 1.35 bits per heavy atom. The van der Waals surface area contributed by atoms with Crippen LogP contribution in [-0.2, 0) is 4.74 Å². The zero-order valence-electron chi connectivity index (χ0n) is 13.1. The van der Waals surface area contributed by atoms with Crippen molar-refractivity contribution in [3.8, 4) is 5.75 Å². The predicted octanol–water partition coefficient (Wildman–Crippen LogP) is 4.74. The molecular weight excluding hydrogens is 274 g/mol. The summed E-state index contributed by atoms with van der Waals surface area (Å²) in [6.45, 7) is 9.06. The second kappa shape index (κ2) is 7.75. The molecule has 1 rings (SSSR count). The third-order valence-electron chi connectivity index (χ3n) is 3.16. The number of anilines is 1. The molecular formula is C16H26ClNO2. The number of nitrogens with one attached hydrogen (secondary N) is 1. The zero-order chi connectivity index (χ0) is 15.2. The molecule has 4 heteroatoms. The highest BCUT2D eigenvalue weighted by molar-refractivity contribution is 6.32. The van der Waals surface area contributed by atoms with Gasteiger partial charge in [0.15, 0.2) is 0 Å². The van der Waals surface area contributed by atoms with Gasteiger partial charge in [-0.15, -0.1) is 0 Å². The summed E-state index contributed by atoms with van der Waals surface area (Å²) in [6.07, 6.45) is 1.88. The molecule has 0 bridgehead atoms. The summed E-state index contributed by atoms with van der Waals surface area (Å²) >= 11 is 6.22. The number of rotatable bonds is 8. The molecule has 114 valence electrons. The third-order valence-corrected chi connectivity index (χ3v) is 3.45. The van der Waals surface area contributed by atoms with Crippen LogP contribution in [0.2, 0.25) is 5.02 Å². The Morgan fingerprint density at radius 2 is 2.05 bits per heavy atom. The lowest BCUT2D eigenvalue weighted by molar-refractivity contribution is 0.0128. The maximum atomic E-state index is 6.22. The molecule has 0 aromatic heterocycles. The van der Waals surface area contributed by atoms with Crippen molar-refractivity contribution in [1.82, 2.24) is 0 Å². The summed E-state index contributed by atoms with van der Waals surface area (Å²) in [4.78, 5) is 0. The average molecular weight is 300 g/mol. The molecule has 0 aliphatic rings. The van der Waals surface area contributed by atoms with Gasteiger partial charge in [-0.2, -0.15) is 0 Å². The van der Waals surface area contributed by atoms with Crippen LogP contribution in [0, 0.1) is 0 Å². The first-order chi connectivity index (χ1) is 9.38. The Bertz CT molecular complexity index is 421. The molecule has 0 amide bonds. The smallest absolute Gasteiger partial charge is 0.138 e. The van der Waals surface area contributed by atoms with Gasteiger partial charge in [-0.1, -0.05) is 18.5 Å². The normalized spacial score (nSPS) is 13.1. The lowest BCUT2D eigenvalue weighted by atomic mass is 10.00. The summed E-state index contributed by atoms with van der Waals surface area (Å²) < 4.78 is 11.0. The van der Waals surface area contributed by atoms with Crippen molar-refractivity contribution in [2.75, 3.05) is 19.0 Å². The largest absolute Gasteiger partial charge is 0.492 e. The Kier molecular flexibility index (Phi) is 6.63. The fraction of sp³-hybridized carbons (Fsp3) is 0.625. The number of methoxy groups -OCH3 is 1. The van der Waals surface area contributed by atoms with Gasteiger partial charge in [0.2, 0.25) is 0 Å². The van der Waals surface area contributed by atoms with Crippen LogP contribution in [0.5, 0.6) is 5.75 Å². The molecule has 1 unspecified atom stereocenters. The molecule has 1 atom stereocenters. The van der Waals surface area contributed by atoms with Gasteiger partial charge in [-0.25, -0.2) is 0 Å². The van der Waals surface area contributed by atoms with Gasteiger partial charge in [0, 0.05) is 18.8 Å². The van der Waals surface area contributed by atoms with Gasteiger partial charge in [-0.05, 0) is 51.8 Å². The summed E-state index contributed by atoms with van der Waals surface area (Å²) in [5.74, 6) is 0.740. The lowest BCUT2D eigenvalue weighted by Crippen LogP contribution is -2.31. The predicted molar refractivity (Wildman–Crippen MR) is 86.0 cm³/mol. The van der Waals surface area contributed by atoms with Crippen molar-refractivity contribution >= 4 is 17.3 Å². The van der Waals surface area contributed by atoms with E-state index in [4.69, 9.17) is 21.1 Å². The molecule has 0 spiro atoms. The molecule has 0 aliphatic carbocycles. The molecule has 1 aromatic carbocycles. The quantitative estimate of drug-likeness (QED) is 0.752. The van der Waals surface area contributed by atoms with Crippen LogP contribution >= 0.6 is 11.6 Å². The number of hydrogen-bond acceptors (Lipinski definition) is 3. The second-order valence-corrected chi connectivity index (χ2v) is 6.11. The minimum absolute atomic E-state index is 0.139. The van der Waals surface area contributed by atoms with E-state index in [0.29, 0.717) is 17.7 Å². The molecule has 3 nitrogen and oxygen atoms in total. The first-order valence-electron chi connectivity index (χ1n) is 7.12. The SMILES string of the molecule is CCCOc1ccc(NC(C)CC(C)(C)OC)cc1Cl. The van der Waals surface area contributed by atoms with E-state index in [1.807, 2.05) is 18.2 Å². The third kappa shape index (κ3) is 5.59. The van der Waals surface area contributed by atoms with Crippen LogP contribution in [0.3, 0.4) is 0 Å². The van der Waals surface area contributed by atoms with Gasteiger partial charge >= 0.3 is 0 Å². The summed E-state index contributed by atoms with van der Waals surface area (Å²) in [5.41, 5.74) is 0.860. The standard InChI is InChI=1S/C16H26ClNO2/c1-6-9-20-15-8-7-13(10-14(15)17)18-12(2)11-16(3,4)19-5/h7-8,10,12,18H,6,9,11H2,1-5H3. The van der Waals surface area contributed by atoms with E-state index in [-0.39, 0.29) is 5.60 Å². The molecule has 0 saturated heterocycles. The van der Waals surface area contributed by atoms with Crippen LogP contribution < -0.4 is 10.1 Å². The Balaban J connectivity index is 2.62. The fourth-order valence-corrected chi connectivity index (χ4v) is 2.31. The Hall–Kier alpha value is -0.930. The van der Waals surface area contributed by atoms with Crippen LogP contribution in [0.25, 0.3) is 0 Å². The molecule has 0 radical (unpaired) electrons. The number of halogens is 1. The molecule has 0 heterocycles. The average Bonchev–Trinajstić information content (AvgIpc) is 2.37. The summed E-state index contributed by atoms with van der Waals surface area (Å²) in [5, 5.41) is 4.08. The van der Waals surface area contributed by atoms with Gasteiger partial charge in [0.1, 0.15) is 5.75 Å². The Labute approximate surface area is 127 Å². The van der Waals surface area contributed by atoms with E-state index in [1.54, 1.807) is 7.11 Å². The minimum Gasteiger partial charge on any atom is -0.492 e. The molecule has 1 aromatic rings. The van der Waals surface area contributed by atoms with E-state index < -0.39 is 0 Å². The fourth-order valence-electron chi connectivity index (χ4n) is 2.08. The van der Waals surface area contributed by atoms with E-state index >= 15 is 0 Å². The van der Waals surface area contributed by atoms with Crippen LogP contribution in [0.1, 0.15) is 40.5 Å². The van der Waals surface area contributed by atoms with E-state index in [0.717, 1.165) is 24.3 Å². The monoisotopic (exact) mass is 299 g/mol. The van der Waals surface area contributed by atoms with Gasteiger partial charge in [0.25, 0.3) is 0 Å². The number of benzene rings is 1. The van der Waals surface area contributed by atoms with Gasteiger partial charge in [0.05, 0.1) is 17.2 Å². The maximum absolute atomic E-state index is 6.22. The second-order valence-electron chi connectivity index (χ2n) is 5.71. The van der Waals surface area contributed by atoms with Gasteiger partial charge < -0.3 is 14.8 Å². The molecule has 20 heavy (non-hydrogen) atoms. The van der Waals surface area contributed by atoms with E-state index in [9.17, 15) is 0 Å². The molecule has 0 saturated carbocycles. The van der Waals surface area contributed by atoms with E-state index in [1.165, 1.54) is 0 Å². The van der Waals surface area contributed by atoms with Crippen molar-refractivity contribution in [2.45, 2.75) is 52.2 Å². The van der Waals surface area contributed by atoms with Gasteiger partial charge in [-0.3, -0.25) is 0 Å². The first-order valence-corrected chi connectivity index (χ1v) is 7.50. The highest BCUT2D eigenvalue weighted by atomic mass is 35.5. The Morgan fingerprint density at radius 3 is 2.60 bits per heavy atom. The molecule has 1 N–H and O–H groups in total. The highest BCUT2D eigenvalue weighted by Crippen LogP contribution is 2.28. The number of ether oxygens (including phenoxy) is 2. The van der Waals surface area contributed by atoms with Crippen LogP contribution in [0.15, 0.2) is 18.2 Å². The van der Waals surface area contributed by atoms with Crippen molar-refractivity contribution in [3.63, 3.8) is 0 Å². The molecule has 0 aliphatic heterocycles. The maximum Gasteiger partial charge on any atom is 0.138 e. The van der Waals surface area contributed by atoms with Crippen molar-refractivity contribution < 1.29 is 9.47 Å². The van der Waals surface area contributed by atoms with Crippen molar-refractivity contribution in [3.05, 3.63) is 23.2 Å². The topological polar surface area (TPSA) is 30.5 Å².